The van der Waals surface area contributed by atoms with Gasteiger partial charge >= 0.3 is 0 Å². The van der Waals surface area contributed by atoms with Gasteiger partial charge in [-0.3, -0.25) is 0 Å². The molecule has 2 heterocycles. The van der Waals surface area contributed by atoms with Crippen LogP contribution in [-0.4, -0.2) is 19.9 Å². The van der Waals surface area contributed by atoms with Gasteiger partial charge in [0.25, 0.3) is 0 Å². The minimum Gasteiger partial charge on any atom is -0.368 e. The van der Waals surface area contributed by atoms with Crippen LogP contribution in [0.4, 0.5) is 21.8 Å². The third kappa shape index (κ3) is 1.71. The van der Waals surface area contributed by atoms with Crippen LogP contribution in [0.3, 0.4) is 0 Å². The van der Waals surface area contributed by atoms with Gasteiger partial charge in [-0.1, -0.05) is 12.1 Å². The molecule has 0 saturated heterocycles. The largest absolute Gasteiger partial charge is 0.368 e. The number of hydrogen-bond acceptors (Lipinski definition) is 5. The zero-order valence-electron chi connectivity index (χ0n) is 9.18. The van der Waals surface area contributed by atoms with Crippen LogP contribution in [0.5, 0.6) is 0 Å². The Bertz CT molecular complexity index is 708. The monoisotopic (exact) mass is 244 g/mol. The fourth-order valence-corrected chi connectivity index (χ4v) is 1.63. The molecule has 0 unspecified atom stereocenters. The molecule has 90 valence electrons. The summed E-state index contributed by atoms with van der Waals surface area (Å²) in [6.45, 7) is 0. The molecule has 0 spiro atoms. The Morgan fingerprint density at radius 2 is 2.06 bits per heavy atom. The van der Waals surface area contributed by atoms with Crippen LogP contribution in [0.15, 0.2) is 30.6 Å². The molecule has 0 bridgehead atoms. The highest BCUT2D eigenvalue weighted by Crippen LogP contribution is 2.23. The zero-order valence-corrected chi connectivity index (χ0v) is 9.18. The van der Waals surface area contributed by atoms with Crippen molar-refractivity contribution in [2.24, 2.45) is 0 Å². The normalized spacial score (nSPS) is 10.7. The predicted molar refractivity (Wildman–Crippen MR) is 65.8 cm³/mol. The number of para-hydroxylation sites is 1. The van der Waals surface area contributed by atoms with Crippen LogP contribution >= 0.6 is 0 Å². The highest BCUT2D eigenvalue weighted by molar-refractivity contribution is 5.85. The Kier molecular flexibility index (Phi) is 2.30. The number of anilines is 3. The number of aromatic nitrogens is 4. The lowest BCUT2D eigenvalue weighted by Crippen LogP contribution is -2.02. The number of nitrogens with zero attached hydrogens (tertiary/aromatic N) is 3. The molecule has 0 atom stereocenters. The maximum Gasteiger partial charge on any atom is 0.224 e. The predicted octanol–water partition coefficient (Wildman–Crippen LogP) is 1.82. The molecule has 3 rings (SSSR count). The molecule has 0 aliphatic heterocycles. The van der Waals surface area contributed by atoms with E-state index in [0.29, 0.717) is 22.7 Å². The summed E-state index contributed by atoms with van der Waals surface area (Å²) >= 11 is 0. The Hall–Kier alpha value is -2.70. The summed E-state index contributed by atoms with van der Waals surface area (Å²) in [6.07, 6.45) is 1.48. The number of halogens is 1. The molecule has 0 fully saturated rings. The van der Waals surface area contributed by atoms with Crippen molar-refractivity contribution in [1.29, 1.82) is 0 Å². The van der Waals surface area contributed by atoms with Gasteiger partial charge < -0.3 is 16.0 Å². The van der Waals surface area contributed by atoms with Crippen LogP contribution < -0.4 is 11.1 Å². The van der Waals surface area contributed by atoms with Crippen LogP contribution in [0.2, 0.25) is 0 Å². The number of nitrogen functional groups attached to an aromatic ring is 1. The molecule has 7 heteroatoms. The van der Waals surface area contributed by atoms with E-state index in [1.807, 2.05) is 0 Å². The number of aromatic amines is 1. The van der Waals surface area contributed by atoms with E-state index in [2.05, 4.69) is 25.3 Å². The number of hydrogen-bond donors (Lipinski definition) is 3. The maximum atomic E-state index is 13.5. The van der Waals surface area contributed by atoms with Crippen molar-refractivity contribution >= 4 is 28.6 Å². The second kappa shape index (κ2) is 3.95. The van der Waals surface area contributed by atoms with Crippen molar-refractivity contribution in [3.05, 3.63) is 36.4 Å². The second-order valence-electron chi connectivity index (χ2n) is 3.64. The number of H-pyrrole nitrogens is 1. The van der Waals surface area contributed by atoms with Crippen molar-refractivity contribution in [1.82, 2.24) is 19.9 Å². The summed E-state index contributed by atoms with van der Waals surface area (Å²) in [7, 11) is 0. The minimum absolute atomic E-state index is 0.0885. The Labute approximate surface area is 101 Å². The van der Waals surface area contributed by atoms with E-state index >= 15 is 0 Å². The minimum atomic E-state index is -0.377. The van der Waals surface area contributed by atoms with Gasteiger partial charge in [0, 0.05) is 0 Å². The van der Waals surface area contributed by atoms with E-state index in [1.165, 1.54) is 12.4 Å². The first-order chi connectivity index (χ1) is 8.74. The number of imidazole rings is 1. The van der Waals surface area contributed by atoms with Gasteiger partial charge in [0.05, 0.1) is 12.0 Å². The van der Waals surface area contributed by atoms with E-state index in [4.69, 9.17) is 5.73 Å². The third-order valence-corrected chi connectivity index (χ3v) is 2.42. The van der Waals surface area contributed by atoms with Gasteiger partial charge in [0.2, 0.25) is 5.95 Å². The first-order valence-electron chi connectivity index (χ1n) is 5.22. The number of nitrogens with two attached hydrogens (primary N) is 1. The summed E-state index contributed by atoms with van der Waals surface area (Å²) in [5.74, 6) is 0.0767. The quantitative estimate of drug-likeness (QED) is 0.639. The second-order valence-corrected chi connectivity index (χ2v) is 3.64. The molecule has 2 aromatic heterocycles. The van der Waals surface area contributed by atoms with E-state index in [0.717, 1.165) is 0 Å². The van der Waals surface area contributed by atoms with E-state index in [9.17, 15) is 4.39 Å². The lowest BCUT2D eigenvalue weighted by atomic mass is 10.3. The van der Waals surface area contributed by atoms with Crippen molar-refractivity contribution in [2.75, 3.05) is 11.1 Å². The number of nitrogens with one attached hydrogen (secondary N) is 2. The summed E-state index contributed by atoms with van der Waals surface area (Å²) in [5.41, 5.74) is 6.89. The maximum absolute atomic E-state index is 13.5. The van der Waals surface area contributed by atoms with Gasteiger partial charge in [-0.05, 0) is 12.1 Å². The smallest absolute Gasteiger partial charge is 0.224 e. The van der Waals surface area contributed by atoms with Crippen LogP contribution in [-0.2, 0) is 0 Å². The van der Waals surface area contributed by atoms with Gasteiger partial charge in [-0.15, -0.1) is 0 Å². The molecule has 0 aliphatic rings. The van der Waals surface area contributed by atoms with Gasteiger partial charge in [0.1, 0.15) is 5.82 Å². The molecule has 4 N–H and O–H groups in total. The lowest BCUT2D eigenvalue weighted by Gasteiger charge is -2.07. The first kappa shape index (κ1) is 10.5. The van der Waals surface area contributed by atoms with E-state index < -0.39 is 0 Å². The van der Waals surface area contributed by atoms with Crippen LogP contribution in [0.1, 0.15) is 0 Å². The highest BCUT2D eigenvalue weighted by Gasteiger charge is 2.10. The molecule has 18 heavy (non-hydrogen) atoms. The highest BCUT2D eigenvalue weighted by atomic mass is 19.1. The Morgan fingerprint density at radius 3 is 2.89 bits per heavy atom. The zero-order chi connectivity index (χ0) is 12.5. The molecule has 0 aliphatic carbocycles. The fraction of sp³-hybridized carbons (Fsp3) is 0. The van der Waals surface area contributed by atoms with Gasteiger partial charge in [0.15, 0.2) is 17.0 Å². The number of fused-ring (bicyclic) bond motifs is 1. The molecular weight excluding hydrogens is 235 g/mol. The molecule has 0 amide bonds. The summed E-state index contributed by atoms with van der Waals surface area (Å²) in [5, 5.41) is 2.85. The fourth-order valence-electron chi connectivity index (χ4n) is 1.63. The summed E-state index contributed by atoms with van der Waals surface area (Å²) in [4.78, 5) is 14.9. The molecule has 0 saturated carbocycles. The molecule has 6 nitrogen and oxygen atoms in total. The topological polar surface area (TPSA) is 92.5 Å². The van der Waals surface area contributed by atoms with Crippen molar-refractivity contribution in [2.45, 2.75) is 0 Å². The SMILES string of the molecule is Nc1nc(Nc2ccccc2F)c2nc[nH]c2n1. The standard InChI is InChI=1S/C11H9FN6/c12-6-3-1-2-4-7(6)16-10-8-9(15-5-14-8)17-11(13)18-10/h1-5H,(H4,13,14,15,16,17,18). The summed E-state index contributed by atoms with van der Waals surface area (Å²) in [6, 6.07) is 6.29. The molecule has 3 aromatic rings. The van der Waals surface area contributed by atoms with E-state index in [1.54, 1.807) is 18.2 Å². The van der Waals surface area contributed by atoms with Crippen LogP contribution in [0.25, 0.3) is 11.2 Å². The number of rotatable bonds is 2. The van der Waals surface area contributed by atoms with Crippen molar-refractivity contribution in [3.63, 3.8) is 0 Å². The summed E-state index contributed by atoms with van der Waals surface area (Å²) < 4.78 is 13.5. The van der Waals surface area contributed by atoms with Crippen molar-refractivity contribution in [3.8, 4) is 0 Å². The van der Waals surface area contributed by atoms with E-state index in [-0.39, 0.29) is 11.8 Å². The molecule has 0 radical (unpaired) electrons. The molecule has 1 aromatic carbocycles. The van der Waals surface area contributed by atoms with Gasteiger partial charge in [-0.25, -0.2) is 9.37 Å². The Balaban J connectivity index is 2.10. The molecular formula is C11H9FN6. The number of benzene rings is 1. The van der Waals surface area contributed by atoms with Crippen LogP contribution in [0, 0.1) is 5.82 Å². The lowest BCUT2D eigenvalue weighted by molar-refractivity contribution is 0.632. The Morgan fingerprint density at radius 1 is 1.22 bits per heavy atom. The van der Waals surface area contributed by atoms with Gasteiger partial charge in [-0.2, -0.15) is 9.97 Å². The van der Waals surface area contributed by atoms with Crippen molar-refractivity contribution < 1.29 is 4.39 Å². The average Bonchev–Trinajstić information content (AvgIpc) is 2.80. The average molecular weight is 244 g/mol. The first-order valence-corrected chi connectivity index (χ1v) is 5.22. The third-order valence-electron chi connectivity index (χ3n) is 2.42.